The number of aldehydes is 1. The number of aromatic nitrogens is 2. The first-order valence-electron chi connectivity index (χ1n) is 5.79. The Morgan fingerprint density at radius 1 is 1.25 bits per heavy atom. The molecule has 0 radical (unpaired) electrons. The van der Waals surface area contributed by atoms with Crippen molar-refractivity contribution in [3.8, 4) is 0 Å². The van der Waals surface area contributed by atoms with Crippen molar-refractivity contribution in [3.63, 3.8) is 0 Å². The lowest BCUT2D eigenvalue weighted by atomic mass is 10.2. The lowest BCUT2D eigenvalue weighted by Crippen LogP contribution is -2.11. The molecule has 0 aliphatic heterocycles. The Balaban J connectivity index is 2.46. The zero-order valence-corrected chi connectivity index (χ0v) is 11.6. The minimum Gasteiger partial charge on any atom is -0.382 e. The zero-order valence-electron chi connectivity index (χ0n) is 10.8. The van der Waals surface area contributed by atoms with Crippen LogP contribution in [0.25, 0.3) is 0 Å². The maximum atomic E-state index is 12.4. The van der Waals surface area contributed by atoms with Crippen molar-refractivity contribution in [2.75, 3.05) is 5.73 Å². The number of anilines is 1. The summed E-state index contributed by atoms with van der Waals surface area (Å²) in [6.07, 6.45) is 0.520. The highest BCUT2D eigenvalue weighted by Gasteiger charge is 2.20. The molecule has 0 fully saturated rings. The van der Waals surface area contributed by atoms with Crippen LogP contribution in [0.15, 0.2) is 35.2 Å². The molecule has 2 rings (SSSR count). The molecule has 0 atom stereocenters. The number of carbonyl (C=O) groups excluding carboxylic acids is 1. The summed E-state index contributed by atoms with van der Waals surface area (Å²) in [6.45, 7) is 1.70. The Bertz CT molecular complexity index is 757. The van der Waals surface area contributed by atoms with Gasteiger partial charge in [-0.1, -0.05) is 18.2 Å². The van der Waals surface area contributed by atoms with Gasteiger partial charge in [-0.05, 0) is 19.1 Å². The maximum Gasteiger partial charge on any atom is 0.183 e. The Labute approximate surface area is 116 Å². The molecule has 0 aliphatic rings. The van der Waals surface area contributed by atoms with Gasteiger partial charge >= 0.3 is 0 Å². The van der Waals surface area contributed by atoms with E-state index >= 15 is 0 Å². The van der Waals surface area contributed by atoms with Crippen LogP contribution in [0, 0.1) is 6.92 Å². The zero-order chi connectivity index (χ0) is 14.8. The average molecular weight is 291 g/mol. The summed E-state index contributed by atoms with van der Waals surface area (Å²) in [6, 6.07) is 7.61. The predicted octanol–water partition coefficient (Wildman–Crippen LogP) is 1.15. The van der Waals surface area contributed by atoms with E-state index in [0.717, 1.165) is 0 Å². The van der Waals surface area contributed by atoms with Crippen LogP contribution < -0.4 is 5.73 Å². The first-order valence-corrected chi connectivity index (χ1v) is 7.45. The Morgan fingerprint density at radius 2 is 1.95 bits per heavy atom. The van der Waals surface area contributed by atoms with Gasteiger partial charge in [0.15, 0.2) is 16.1 Å². The van der Waals surface area contributed by atoms with Gasteiger partial charge in [-0.3, -0.25) is 4.79 Å². The molecular formula is C13H13N3O3S. The van der Waals surface area contributed by atoms with Crippen LogP contribution in [0.2, 0.25) is 0 Å². The topological polar surface area (TPSA) is 103 Å². The van der Waals surface area contributed by atoms with Gasteiger partial charge in [-0.2, -0.15) is 5.10 Å². The number of aryl methyl sites for hydroxylation is 1. The van der Waals surface area contributed by atoms with Crippen LogP contribution in [0.1, 0.15) is 21.6 Å². The molecular weight excluding hydrogens is 278 g/mol. The second-order valence-corrected chi connectivity index (χ2v) is 6.27. The van der Waals surface area contributed by atoms with E-state index in [9.17, 15) is 13.2 Å². The highest BCUT2D eigenvalue weighted by molar-refractivity contribution is 7.90. The number of benzene rings is 1. The van der Waals surface area contributed by atoms with Crippen molar-refractivity contribution in [2.45, 2.75) is 17.6 Å². The van der Waals surface area contributed by atoms with E-state index in [4.69, 9.17) is 5.73 Å². The number of nitrogens with zero attached hydrogens (tertiary/aromatic N) is 2. The van der Waals surface area contributed by atoms with Crippen molar-refractivity contribution < 1.29 is 13.2 Å². The predicted molar refractivity (Wildman–Crippen MR) is 73.9 cm³/mol. The molecule has 6 nitrogen and oxygen atoms in total. The molecule has 0 unspecified atom stereocenters. The minimum absolute atomic E-state index is 0.0103. The number of hydrogen-bond donors (Lipinski definition) is 1. The van der Waals surface area contributed by atoms with Crippen molar-refractivity contribution in [1.29, 1.82) is 0 Å². The number of sulfone groups is 1. The fraction of sp³-hybridized carbons (Fsp3) is 0.154. The summed E-state index contributed by atoms with van der Waals surface area (Å²) in [4.78, 5) is 10.9. The molecule has 2 aromatic rings. The molecule has 0 amide bonds. The van der Waals surface area contributed by atoms with Gasteiger partial charge < -0.3 is 5.73 Å². The second kappa shape index (κ2) is 5.38. The molecule has 2 N–H and O–H groups in total. The molecule has 104 valence electrons. The van der Waals surface area contributed by atoms with E-state index in [1.807, 2.05) is 0 Å². The summed E-state index contributed by atoms with van der Waals surface area (Å²) >= 11 is 0. The first kappa shape index (κ1) is 14.1. The highest BCUT2D eigenvalue weighted by Crippen LogP contribution is 2.21. The highest BCUT2D eigenvalue weighted by atomic mass is 32.2. The monoisotopic (exact) mass is 291 g/mol. The normalized spacial score (nSPS) is 11.2. The Hall–Kier alpha value is -2.28. The minimum atomic E-state index is -3.67. The molecule has 1 aromatic carbocycles. The molecule has 0 saturated carbocycles. The number of nitrogen functional groups attached to an aromatic ring is 1. The largest absolute Gasteiger partial charge is 0.382 e. The van der Waals surface area contributed by atoms with E-state index in [0.29, 0.717) is 17.5 Å². The van der Waals surface area contributed by atoms with Gasteiger partial charge in [0.25, 0.3) is 0 Å². The van der Waals surface area contributed by atoms with Crippen molar-refractivity contribution in [2.24, 2.45) is 0 Å². The molecule has 0 bridgehead atoms. The standard InChI is InChI=1S/C13H13N3O3S/c1-9-6-11(13(14)16-15-9)8-20(18,19)12-5-3-2-4-10(12)7-17/h2-7H,8H2,1H3,(H2,14,16). The van der Waals surface area contributed by atoms with Crippen LogP contribution in [-0.4, -0.2) is 24.9 Å². The third-order valence-corrected chi connectivity index (χ3v) is 4.49. The van der Waals surface area contributed by atoms with Crippen LogP contribution in [0.4, 0.5) is 5.82 Å². The molecule has 20 heavy (non-hydrogen) atoms. The van der Waals surface area contributed by atoms with Crippen LogP contribution in [0.3, 0.4) is 0 Å². The van der Waals surface area contributed by atoms with Gasteiger partial charge in [0, 0.05) is 11.1 Å². The van der Waals surface area contributed by atoms with Crippen LogP contribution >= 0.6 is 0 Å². The summed E-state index contributed by atoms with van der Waals surface area (Å²) < 4.78 is 24.8. The molecule has 1 aromatic heterocycles. The Morgan fingerprint density at radius 3 is 2.65 bits per heavy atom. The maximum absolute atomic E-state index is 12.4. The van der Waals surface area contributed by atoms with Gasteiger partial charge in [0.05, 0.1) is 16.3 Å². The lowest BCUT2D eigenvalue weighted by Gasteiger charge is -2.08. The quantitative estimate of drug-likeness (QED) is 0.848. The fourth-order valence-corrected chi connectivity index (χ4v) is 3.37. The molecule has 1 heterocycles. The number of hydrogen-bond acceptors (Lipinski definition) is 6. The van der Waals surface area contributed by atoms with E-state index in [2.05, 4.69) is 10.2 Å². The smallest absolute Gasteiger partial charge is 0.183 e. The lowest BCUT2D eigenvalue weighted by molar-refractivity contribution is 0.112. The summed E-state index contributed by atoms with van der Waals surface area (Å²) in [5, 5.41) is 7.44. The summed E-state index contributed by atoms with van der Waals surface area (Å²) in [7, 11) is -3.67. The van der Waals surface area contributed by atoms with Crippen molar-refractivity contribution in [1.82, 2.24) is 10.2 Å². The van der Waals surface area contributed by atoms with E-state index in [-0.39, 0.29) is 22.0 Å². The van der Waals surface area contributed by atoms with Gasteiger partial charge in [0.2, 0.25) is 0 Å². The SMILES string of the molecule is Cc1cc(CS(=O)(=O)c2ccccc2C=O)c(N)nn1. The van der Waals surface area contributed by atoms with Crippen LogP contribution in [0.5, 0.6) is 0 Å². The summed E-state index contributed by atoms with van der Waals surface area (Å²) in [5.41, 5.74) is 6.72. The third-order valence-electron chi connectivity index (χ3n) is 2.75. The van der Waals surface area contributed by atoms with Gasteiger partial charge in [0.1, 0.15) is 5.82 Å². The number of nitrogens with two attached hydrogens (primary N) is 1. The Kier molecular flexibility index (Phi) is 3.80. The fourth-order valence-electron chi connectivity index (χ4n) is 1.81. The molecule has 0 aliphatic carbocycles. The van der Waals surface area contributed by atoms with E-state index < -0.39 is 9.84 Å². The van der Waals surface area contributed by atoms with E-state index in [1.165, 1.54) is 12.1 Å². The van der Waals surface area contributed by atoms with Crippen LogP contribution in [-0.2, 0) is 15.6 Å². The van der Waals surface area contributed by atoms with Crippen molar-refractivity contribution >= 4 is 21.9 Å². The average Bonchev–Trinajstić information content (AvgIpc) is 2.42. The molecule has 0 spiro atoms. The molecule has 0 saturated heterocycles. The first-order chi connectivity index (χ1) is 9.44. The third kappa shape index (κ3) is 2.83. The molecule has 7 heteroatoms. The number of rotatable bonds is 4. The number of carbonyl (C=O) groups is 1. The second-order valence-electron chi connectivity index (χ2n) is 4.31. The van der Waals surface area contributed by atoms with Crippen molar-refractivity contribution in [3.05, 3.63) is 47.2 Å². The van der Waals surface area contributed by atoms with Gasteiger partial charge in [-0.15, -0.1) is 5.10 Å². The summed E-state index contributed by atoms with van der Waals surface area (Å²) in [5.74, 6) is -0.247. The van der Waals surface area contributed by atoms with E-state index in [1.54, 1.807) is 25.1 Å². The van der Waals surface area contributed by atoms with Gasteiger partial charge in [-0.25, -0.2) is 8.42 Å².